The maximum atomic E-state index is 9.94. The molecule has 0 aliphatic rings. The van der Waals surface area contributed by atoms with Crippen molar-refractivity contribution >= 4 is 5.97 Å². The summed E-state index contributed by atoms with van der Waals surface area (Å²) in [4.78, 5) is 9.94. The number of carbonyl (C=O) groups is 1. The van der Waals surface area contributed by atoms with Gasteiger partial charge in [0, 0.05) is 12.5 Å². The fourth-order valence-corrected chi connectivity index (χ4v) is 0.459. The third kappa shape index (κ3) is 4.85. The van der Waals surface area contributed by atoms with Crippen LogP contribution in [0.5, 0.6) is 0 Å². The van der Waals surface area contributed by atoms with Gasteiger partial charge in [-0.25, -0.2) is 4.79 Å². The number of nitriles is 1. The number of allylic oxidation sites excluding steroid dienone is 1. The molecule has 0 spiro atoms. The summed E-state index contributed by atoms with van der Waals surface area (Å²) in [5, 5.41) is 16.3. The largest absolute Gasteiger partial charge is 0.478 e. The molecule has 0 aliphatic carbocycles. The Balaban J connectivity index is 3.68. The summed E-state index contributed by atoms with van der Waals surface area (Å²) in [6.07, 6.45) is 2.93. The molecule has 3 nitrogen and oxygen atoms in total. The van der Waals surface area contributed by atoms with Crippen LogP contribution in [-0.4, -0.2) is 11.1 Å². The van der Waals surface area contributed by atoms with Crippen molar-refractivity contribution < 1.29 is 9.90 Å². The van der Waals surface area contributed by atoms with Crippen molar-refractivity contribution in [3.8, 4) is 6.07 Å². The van der Waals surface area contributed by atoms with Crippen molar-refractivity contribution in [2.24, 2.45) is 5.92 Å². The van der Waals surface area contributed by atoms with Crippen LogP contribution in [0.25, 0.3) is 0 Å². The maximum Gasteiger partial charge on any atom is 0.327 e. The maximum absolute atomic E-state index is 9.94. The number of rotatable bonds is 3. The quantitative estimate of drug-likeness (QED) is 0.597. The molecule has 0 aromatic heterocycles. The number of nitrogens with zero attached hydrogens (tertiary/aromatic N) is 1. The second kappa shape index (κ2) is 4.57. The molecule has 1 unspecified atom stereocenters. The van der Waals surface area contributed by atoms with Crippen LogP contribution in [0, 0.1) is 17.2 Å². The molecule has 0 aliphatic heterocycles. The van der Waals surface area contributed by atoms with E-state index in [1.807, 2.05) is 6.07 Å². The standard InChI is InChI=1S/C7H9NO2/c1-6(4-5-8)2-3-7(9)10/h2-3,6H,4H2,1H3,(H,9,10). The highest BCUT2D eigenvalue weighted by atomic mass is 16.4. The molecule has 54 valence electrons. The lowest BCUT2D eigenvalue weighted by molar-refractivity contribution is -0.131. The van der Waals surface area contributed by atoms with E-state index in [0.29, 0.717) is 6.42 Å². The molecule has 1 atom stereocenters. The summed E-state index contributed by atoms with van der Waals surface area (Å²) in [7, 11) is 0. The van der Waals surface area contributed by atoms with Crippen LogP contribution in [0.1, 0.15) is 13.3 Å². The highest BCUT2D eigenvalue weighted by Crippen LogP contribution is 2.00. The first-order valence-corrected chi connectivity index (χ1v) is 2.95. The average Bonchev–Trinajstić information content (AvgIpc) is 1.85. The first kappa shape index (κ1) is 8.70. The first-order valence-electron chi connectivity index (χ1n) is 2.95. The van der Waals surface area contributed by atoms with E-state index in [9.17, 15) is 4.79 Å². The molecule has 0 heterocycles. The Labute approximate surface area is 59.6 Å². The molecule has 0 aromatic carbocycles. The zero-order valence-corrected chi connectivity index (χ0v) is 5.74. The van der Waals surface area contributed by atoms with Gasteiger partial charge in [0.05, 0.1) is 6.07 Å². The van der Waals surface area contributed by atoms with Gasteiger partial charge in [-0.2, -0.15) is 5.26 Å². The third-order valence-corrected chi connectivity index (χ3v) is 0.981. The summed E-state index contributed by atoms with van der Waals surface area (Å²) in [6, 6.07) is 1.95. The van der Waals surface area contributed by atoms with Gasteiger partial charge >= 0.3 is 5.97 Å². The molecule has 0 rings (SSSR count). The molecule has 1 N–H and O–H groups in total. The second-order valence-electron chi connectivity index (χ2n) is 2.04. The van der Waals surface area contributed by atoms with Crippen LogP contribution < -0.4 is 0 Å². The minimum absolute atomic E-state index is 0.0288. The zero-order chi connectivity index (χ0) is 7.98. The number of hydrogen-bond acceptors (Lipinski definition) is 2. The van der Waals surface area contributed by atoms with Crippen LogP contribution in [0.3, 0.4) is 0 Å². The van der Waals surface area contributed by atoms with Crippen LogP contribution >= 0.6 is 0 Å². The minimum atomic E-state index is -0.968. The van der Waals surface area contributed by atoms with Crippen molar-refractivity contribution in [1.29, 1.82) is 5.26 Å². The molecule has 3 heteroatoms. The Morgan fingerprint density at radius 1 is 1.90 bits per heavy atom. The van der Waals surface area contributed by atoms with Gasteiger partial charge in [-0.3, -0.25) is 0 Å². The van der Waals surface area contributed by atoms with E-state index in [1.165, 1.54) is 6.08 Å². The predicted molar refractivity (Wildman–Crippen MR) is 36.2 cm³/mol. The van der Waals surface area contributed by atoms with Crippen molar-refractivity contribution in [2.75, 3.05) is 0 Å². The van der Waals surface area contributed by atoms with Gasteiger partial charge in [0.15, 0.2) is 0 Å². The van der Waals surface area contributed by atoms with Gasteiger partial charge in [0.1, 0.15) is 0 Å². The fraction of sp³-hybridized carbons (Fsp3) is 0.429. The molecule has 0 fully saturated rings. The average molecular weight is 139 g/mol. The summed E-state index contributed by atoms with van der Waals surface area (Å²) in [6.45, 7) is 1.79. The Morgan fingerprint density at radius 2 is 2.50 bits per heavy atom. The van der Waals surface area contributed by atoms with Gasteiger partial charge in [0.2, 0.25) is 0 Å². The van der Waals surface area contributed by atoms with E-state index >= 15 is 0 Å². The minimum Gasteiger partial charge on any atom is -0.478 e. The number of aliphatic carboxylic acids is 1. The van der Waals surface area contributed by atoms with E-state index in [1.54, 1.807) is 6.92 Å². The highest BCUT2D eigenvalue weighted by molar-refractivity contribution is 5.79. The molecule has 0 aromatic rings. The number of carboxylic acids is 1. The molecule has 0 bridgehead atoms. The van der Waals surface area contributed by atoms with Crippen molar-refractivity contribution in [3.63, 3.8) is 0 Å². The molecule has 10 heavy (non-hydrogen) atoms. The number of carboxylic acid groups (broad SMARTS) is 1. The van der Waals surface area contributed by atoms with Crippen molar-refractivity contribution in [3.05, 3.63) is 12.2 Å². The van der Waals surface area contributed by atoms with E-state index in [0.717, 1.165) is 6.08 Å². The second-order valence-corrected chi connectivity index (χ2v) is 2.04. The van der Waals surface area contributed by atoms with Crippen LogP contribution in [0.15, 0.2) is 12.2 Å². The Kier molecular flexibility index (Phi) is 3.97. The van der Waals surface area contributed by atoms with E-state index in [2.05, 4.69) is 0 Å². The van der Waals surface area contributed by atoms with Gasteiger partial charge in [-0.05, 0) is 5.92 Å². The van der Waals surface area contributed by atoms with Crippen molar-refractivity contribution in [1.82, 2.24) is 0 Å². The Morgan fingerprint density at radius 3 is 2.90 bits per heavy atom. The summed E-state index contributed by atoms with van der Waals surface area (Å²) < 4.78 is 0. The molecule has 0 saturated heterocycles. The summed E-state index contributed by atoms with van der Waals surface area (Å²) in [5.41, 5.74) is 0. The number of hydrogen-bond donors (Lipinski definition) is 1. The smallest absolute Gasteiger partial charge is 0.327 e. The molecule has 0 amide bonds. The third-order valence-electron chi connectivity index (χ3n) is 0.981. The van der Waals surface area contributed by atoms with Gasteiger partial charge in [-0.1, -0.05) is 13.0 Å². The lowest BCUT2D eigenvalue weighted by Crippen LogP contribution is -1.91. The normalized spacial score (nSPS) is 12.8. The summed E-state index contributed by atoms with van der Waals surface area (Å²) >= 11 is 0. The Bertz CT molecular complexity index is 179. The lowest BCUT2D eigenvalue weighted by atomic mass is 10.1. The van der Waals surface area contributed by atoms with Gasteiger partial charge in [-0.15, -0.1) is 0 Å². The molecular formula is C7H9NO2. The van der Waals surface area contributed by atoms with Gasteiger partial charge in [0.25, 0.3) is 0 Å². The molecule has 0 radical (unpaired) electrons. The van der Waals surface area contributed by atoms with Crippen LogP contribution in [0.2, 0.25) is 0 Å². The molecule has 0 saturated carbocycles. The molecular weight excluding hydrogens is 130 g/mol. The zero-order valence-electron chi connectivity index (χ0n) is 5.74. The SMILES string of the molecule is CC(C=CC(=O)O)CC#N. The van der Waals surface area contributed by atoms with Crippen molar-refractivity contribution in [2.45, 2.75) is 13.3 Å². The first-order chi connectivity index (χ1) is 4.66. The van der Waals surface area contributed by atoms with Crippen LogP contribution in [-0.2, 0) is 4.79 Å². The topological polar surface area (TPSA) is 61.1 Å². The monoisotopic (exact) mass is 139 g/mol. The summed E-state index contributed by atoms with van der Waals surface area (Å²) in [5.74, 6) is -0.939. The fourth-order valence-electron chi connectivity index (χ4n) is 0.459. The van der Waals surface area contributed by atoms with E-state index in [4.69, 9.17) is 10.4 Å². The highest BCUT2D eigenvalue weighted by Gasteiger charge is 1.94. The van der Waals surface area contributed by atoms with E-state index in [-0.39, 0.29) is 5.92 Å². The van der Waals surface area contributed by atoms with Crippen LogP contribution in [0.4, 0.5) is 0 Å². The predicted octanol–water partition coefficient (Wildman–Crippen LogP) is 1.18. The van der Waals surface area contributed by atoms with Gasteiger partial charge < -0.3 is 5.11 Å². The lowest BCUT2D eigenvalue weighted by Gasteiger charge is -1.94. The Hall–Kier alpha value is -1.30. The van der Waals surface area contributed by atoms with E-state index < -0.39 is 5.97 Å².